The van der Waals surface area contributed by atoms with Crippen LogP contribution in [0.1, 0.15) is 6.92 Å². The molecule has 0 aliphatic carbocycles. The highest BCUT2D eigenvalue weighted by Crippen LogP contribution is 2.16. The van der Waals surface area contributed by atoms with E-state index in [9.17, 15) is 9.59 Å². The van der Waals surface area contributed by atoms with Crippen molar-refractivity contribution < 1.29 is 9.53 Å². The quantitative estimate of drug-likeness (QED) is 0.814. The molecular weight excluding hydrogens is 346 g/mol. The van der Waals surface area contributed by atoms with Crippen molar-refractivity contribution in [1.82, 2.24) is 14.7 Å². The number of carbonyl (C=O) groups excluding carboxylic acids is 1. The number of benzene rings is 1. The van der Waals surface area contributed by atoms with Gasteiger partial charge in [-0.15, -0.1) is 0 Å². The maximum absolute atomic E-state index is 12.3. The minimum atomic E-state index is -0.121. The van der Waals surface area contributed by atoms with E-state index in [0.717, 1.165) is 43.3 Å². The Bertz CT molecular complexity index is 826. The van der Waals surface area contributed by atoms with Crippen molar-refractivity contribution in [2.75, 3.05) is 49.5 Å². The Morgan fingerprint density at radius 2 is 1.89 bits per heavy atom. The molecule has 1 aliphatic rings. The van der Waals surface area contributed by atoms with Crippen LogP contribution in [0.4, 0.5) is 11.4 Å². The summed E-state index contributed by atoms with van der Waals surface area (Å²) in [6, 6.07) is 8.96. The lowest BCUT2D eigenvalue weighted by Crippen LogP contribution is -2.49. The number of nitrogens with one attached hydrogen (secondary N) is 1. The van der Waals surface area contributed by atoms with Crippen molar-refractivity contribution in [2.45, 2.75) is 6.92 Å². The van der Waals surface area contributed by atoms with Gasteiger partial charge in [-0.3, -0.25) is 14.5 Å². The average molecular weight is 371 g/mol. The molecular formula is C19H25N5O3. The zero-order valence-corrected chi connectivity index (χ0v) is 15.7. The number of hydrogen-bond acceptors (Lipinski definition) is 6. The summed E-state index contributed by atoms with van der Waals surface area (Å²) in [6.07, 6.45) is 1.70. The van der Waals surface area contributed by atoms with Crippen LogP contribution in [-0.2, 0) is 11.8 Å². The highest BCUT2D eigenvalue weighted by Gasteiger charge is 2.20. The Hall–Kier alpha value is -2.87. The summed E-state index contributed by atoms with van der Waals surface area (Å²) in [5.41, 5.74) is 1.47. The lowest BCUT2D eigenvalue weighted by Gasteiger charge is -2.35. The largest absolute Gasteiger partial charge is 0.494 e. The Balaban J connectivity index is 1.47. The fraction of sp³-hybridized carbons (Fsp3) is 0.421. The van der Waals surface area contributed by atoms with Gasteiger partial charge in [0, 0.05) is 45.0 Å². The van der Waals surface area contributed by atoms with Gasteiger partial charge < -0.3 is 15.0 Å². The van der Waals surface area contributed by atoms with Gasteiger partial charge in [-0.05, 0) is 31.2 Å². The molecule has 2 heterocycles. The lowest BCUT2D eigenvalue weighted by molar-refractivity contribution is -0.117. The summed E-state index contributed by atoms with van der Waals surface area (Å²) in [5, 5.41) is 6.97. The number of amides is 1. The van der Waals surface area contributed by atoms with Crippen LogP contribution in [0.2, 0.25) is 0 Å². The number of piperazine rings is 1. The molecule has 1 aliphatic heterocycles. The van der Waals surface area contributed by atoms with Gasteiger partial charge in [0.1, 0.15) is 5.75 Å². The number of hydrogen-bond donors (Lipinski definition) is 1. The average Bonchev–Trinajstić information content (AvgIpc) is 2.66. The van der Waals surface area contributed by atoms with Crippen molar-refractivity contribution in [3.05, 3.63) is 46.9 Å². The first-order valence-electron chi connectivity index (χ1n) is 9.08. The number of anilines is 2. The number of aryl methyl sites for hydroxylation is 1. The van der Waals surface area contributed by atoms with Gasteiger partial charge in [0.25, 0.3) is 5.56 Å². The van der Waals surface area contributed by atoms with Crippen LogP contribution < -0.4 is 20.5 Å². The van der Waals surface area contributed by atoms with E-state index in [-0.39, 0.29) is 11.5 Å². The van der Waals surface area contributed by atoms with E-state index in [4.69, 9.17) is 4.74 Å². The number of rotatable bonds is 6. The van der Waals surface area contributed by atoms with Crippen LogP contribution in [0.25, 0.3) is 0 Å². The number of carbonyl (C=O) groups is 1. The summed E-state index contributed by atoms with van der Waals surface area (Å²) in [5.74, 6) is 0.750. The van der Waals surface area contributed by atoms with Crippen molar-refractivity contribution in [2.24, 2.45) is 7.05 Å². The van der Waals surface area contributed by atoms with Crippen molar-refractivity contribution in [3.63, 3.8) is 0 Å². The van der Waals surface area contributed by atoms with E-state index in [2.05, 4.69) is 20.2 Å². The first-order chi connectivity index (χ1) is 13.0. The third-order valence-electron chi connectivity index (χ3n) is 4.51. The molecule has 8 heteroatoms. The van der Waals surface area contributed by atoms with Gasteiger partial charge in [-0.25, -0.2) is 4.68 Å². The van der Waals surface area contributed by atoms with E-state index in [0.29, 0.717) is 13.2 Å². The van der Waals surface area contributed by atoms with Crippen molar-refractivity contribution in [1.29, 1.82) is 0 Å². The minimum Gasteiger partial charge on any atom is -0.494 e. The molecule has 0 bridgehead atoms. The molecule has 2 aromatic rings. The highest BCUT2D eigenvalue weighted by molar-refractivity contribution is 5.92. The Morgan fingerprint density at radius 1 is 1.19 bits per heavy atom. The van der Waals surface area contributed by atoms with Crippen LogP contribution in [-0.4, -0.2) is 59.9 Å². The Morgan fingerprint density at radius 3 is 2.52 bits per heavy atom. The molecule has 0 atom stereocenters. The summed E-state index contributed by atoms with van der Waals surface area (Å²) in [4.78, 5) is 28.2. The van der Waals surface area contributed by atoms with Crippen LogP contribution in [0.15, 0.2) is 41.3 Å². The van der Waals surface area contributed by atoms with E-state index < -0.39 is 0 Å². The van der Waals surface area contributed by atoms with Gasteiger partial charge in [0.2, 0.25) is 5.91 Å². The van der Waals surface area contributed by atoms with E-state index in [1.165, 1.54) is 4.68 Å². The predicted octanol–water partition coefficient (Wildman–Crippen LogP) is 0.940. The molecule has 0 saturated carbocycles. The van der Waals surface area contributed by atoms with Gasteiger partial charge in [-0.2, -0.15) is 5.10 Å². The third kappa shape index (κ3) is 5.07. The van der Waals surface area contributed by atoms with Crippen molar-refractivity contribution >= 4 is 17.3 Å². The monoisotopic (exact) mass is 371 g/mol. The molecule has 0 unspecified atom stereocenters. The second-order valence-electron chi connectivity index (χ2n) is 6.44. The molecule has 1 saturated heterocycles. The molecule has 27 heavy (non-hydrogen) atoms. The third-order valence-corrected chi connectivity index (χ3v) is 4.51. The van der Waals surface area contributed by atoms with E-state index >= 15 is 0 Å². The second-order valence-corrected chi connectivity index (χ2v) is 6.44. The lowest BCUT2D eigenvalue weighted by atomic mass is 10.2. The summed E-state index contributed by atoms with van der Waals surface area (Å²) >= 11 is 0. The molecule has 3 rings (SSSR count). The maximum atomic E-state index is 12.3. The molecule has 1 aromatic carbocycles. The van der Waals surface area contributed by atoms with Gasteiger partial charge in [0.15, 0.2) is 0 Å². The number of nitrogens with zero attached hydrogens (tertiary/aromatic N) is 4. The maximum Gasteiger partial charge on any atom is 0.268 e. The summed E-state index contributed by atoms with van der Waals surface area (Å²) in [7, 11) is 1.63. The van der Waals surface area contributed by atoms with E-state index in [1.54, 1.807) is 19.3 Å². The predicted molar refractivity (Wildman–Crippen MR) is 104 cm³/mol. The Labute approximate surface area is 158 Å². The van der Waals surface area contributed by atoms with Gasteiger partial charge in [-0.1, -0.05) is 0 Å². The van der Waals surface area contributed by atoms with Crippen LogP contribution in [0, 0.1) is 0 Å². The molecule has 1 aromatic heterocycles. The van der Waals surface area contributed by atoms with Crippen LogP contribution in [0.3, 0.4) is 0 Å². The molecule has 0 spiro atoms. The van der Waals surface area contributed by atoms with Crippen LogP contribution >= 0.6 is 0 Å². The van der Waals surface area contributed by atoms with Gasteiger partial charge >= 0.3 is 0 Å². The molecule has 144 valence electrons. The normalized spacial score (nSPS) is 14.8. The minimum absolute atomic E-state index is 0.0390. The van der Waals surface area contributed by atoms with Gasteiger partial charge in [0.05, 0.1) is 25.0 Å². The fourth-order valence-electron chi connectivity index (χ4n) is 3.00. The van der Waals surface area contributed by atoms with Crippen LogP contribution in [0.5, 0.6) is 5.75 Å². The SMILES string of the molecule is CCOc1ccc(NC(=O)CN2CCN(c3cnn(C)c(=O)c3)CC2)cc1. The Kier molecular flexibility index (Phi) is 6.08. The molecule has 1 amide bonds. The molecule has 8 nitrogen and oxygen atoms in total. The fourth-order valence-corrected chi connectivity index (χ4v) is 3.00. The summed E-state index contributed by atoms with van der Waals surface area (Å²) in [6.45, 7) is 5.92. The number of aromatic nitrogens is 2. The number of ether oxygens (including phenoxy) is 1. The first kappa shape index (κ1) is 18.9. The zero-order valence-electron chi connectivity index (χ0n) is 15.7. The second kappa shape index (κ2) is 8.68. The molecule has 1 N–H and O–H groups in total. The molecule has 1 fully saturated rings. The smallest absolute Gasteiger partial charge is 0.268 e. The highest BCUT2D eigenvalue weighted by atomic mass is 16.5. The molecule has 0 radical (unpaired) electrons. The topological polar surface area (TPSA) is 79.7 Å². The zero-order chi connectivity index (χ0) is 19.2. The first-order valence-corrected chi connectivity index (χ1v) is 9.08. The standard InChI is InChI=1S/C19H25N5O3/c1-3-27-17-6-4-15(5-7-17)21-18(25)14-23-8-10-24(11-9-23)16-12-19(26)22(2)20-13-16/h4-7,12-13H,3,8-11,14H2,1-2H3,(H,21,25). The van der Waals surface area contributed by atoms with Crippen molar-refractivity contribution in [3.8, 4) is 5.75 Å². The van der Waals surface area contributed by atoms with E-state index in [1.807, 2.05) is 31.2 Å². The summed E-state index contributed by atoms with van der Waals surface area (Å²) < 4.78 is 6.71.